The minimum absolute atomic E-state index is 0.289. The molecule has 0 fully saturated rings. The van der Waals surface area contributed by atoms with Crippen molar-refractivity contribution in [3.05, 3.63) is 82.3 Å². The number of benzene rings is 2. The highest BCUT2D eigenvalue weighted by atomic mass is 79.9. The van der Waals surface area contributed by atoms with Crippen LogP contribution < -0.4 is 0 Å². The monoisotopic (exact) mass is 367 g/mol. The fourth-order valence-corrected chi connectivity index (χ4v) is 2.42. The molecule has 0 aliphatic heterocycles. The van der Waals surface area contributed by atoms with Crippen molar-refractivity contribution < 1.29 is 8.81 Å². The van der Waals surface area contributed by atoms with Gasteiger partial charge in [0.2, 0.25) is 0 Å². The molecule has 23 heavy (non-hydrogen) atoms. The van der Waals surface area contributed by atoms with Crippen LogP contribution in [-0.4, -0.2) is 0 Å². The summed E-state index contributed by atoms with van der Waals surface area (Å²) in [6.07, 6.45) is 1.69. The van der Waals surface area contributed by atoms with Gasteiger partial charge in [-0.1, -0.05) is 28.1 Å². The molecule has 2 aromatic carbocycles. The van der Waals surface area contributed by atoms with Crippen molar-refractivity contribution in [2.75, 3.05) is 0 Å². The predicted molar refractivity (Wildman–Crippen MR) is 91.7 cm³/mol. The van der Waals surface area contributed by atoms with Crippen LogP contribution in [0, 0.1) is 17.1 Å². The third-order valence-electron chi connectivity index (χ3n) is 3.32. The summed E-state index contributed by atoms with van der Waals surface area (Å²) in [5.41, 5.74) is 2.11. The van der Waals surface area contributed by atoms with Gasteiger partial charge in [-0.25, -0.2) is 4.39 Å². The van der Waals surface area contributed by atoms with Gasteiger partial charge < -0.3 is 4.42 Å². The van der Waals surface area contributed by atoms with E-state index in [2.05, 4.69) is 22.0 Å². The Labute approximate surface area is 141 Å². The quantitative estimate of drug-likeness (QED) is 0.539. The molecular formula is C19H11BrFNO. The molecule has 0 radical (unpaired) electrons. The van der Waals surface area contributed by atoms with Crippen molar-refractivity contribution in [2.24, 2.45) is 0 Å². The maximum absolute atomic E-state index is 13.0. The van der Waals surface area contributed by atoms with Crippen LogP contribution in [0.15, 0.2) is 69.6 Å². The molecule has 3 rings (SSSR count). The first-order chi connectivity index (χ1) is 11.2. The van der Waals surface area contributed by atoms with Crippen LogP contribution in [0.5, 0.6) is 0 Å². The van der Waals surface area contributed by atoms with Gasteiger partial charge in [-0.3, -0.25) is 0 Å². The Kier molecular flexibility index (Phi) is 4.40. The van der Waals surface area contributed by atoms with Crippen LogP contribution in [-0.2, 0) is 0 Å². The Balaban J connectivity index is 1.91. The Morgan fingerprint density at radius 1 is 1.00 bits per heavy atom. The molecule has 0 N–H and O–H groups in total. The Morgan fingerprint density at radius 2 is 1.70 bits per heavy atom. The highest BCUT2D eigenvalue weighted by molar-refractivity contribution is 9.10. The van der Waals surface area contributed by atoms with E-state index in [-0.39, 0.29) is 5.82 Å². The second-order valence-electron chi connectivity index (χ2n) is 4.89. The van der Waals surface area contributed by atoms with E-state index >= 15 is 0 Å². The summed E-state index contributed by atoms with van der Waals surface area (Å²) in [4.78, 5) is 0. The standard InChI is InChI=1S/C19H11BrFNO/c20-16-5-1-13(2-6-16)15(12-22)11-18-9-10-19(23-18)14-3-7-17(21)8-4-14/h1-11H/b15-11-. The molecule has 112 valence electrons. The third-order valence-corrected chi connectivity index (χ3v) is 3.85. The average molecular weight is 368 g/mol. The van der Waals surface area contributed by atoms with Crippen molar-refractivity contribution in [1.82, 2.24) is 0 Å². The molecule has 0 atom stereocenters. The van der Waals surface area contributed by atoms with Gasteiger partial charge in [0.05, 0.1) is 11.6 Å². The molecule has 4 heteroatoms. The lowest BCUT2D eigenvalue weighted by Crippen LogP contribution is -1.80. The molecule has 0 bridgehead atoms. The highest BCUT2D eigenvalue weighted by Crippen LogP contribution is 2.25. The van der Waals surface area contributed by atoms with Crippen LogP contribution in [0.25, 0.3) is 23.0 Å². The lowest BCUT2D eigenvalue weighted by atomic mass is 10.1. The summed E-state index contributed by atoms with van der Waals surface area (Å²) in [6.45, 7) is 0. The summed E-state index contributed by atoms with van der Waals surface area (Å²) in [5.74, 6) is 0.913. The Hall–Kier alpha value is -2.64. The van der Waals surface area contributed by atoms with Crippen molar-refractivity contribution in [3.8, 4) is 17.4 Å². The minimum atomic E-state index is -0.289. The number of nitrogens with zero attached hydrogens (tertiary/aromatic N) is 1. The van der Waals surface area contributed by atoms with E-state index in [1.54, 1.807) is 30.3 Å². The first-order valence-corrected chi connectivity index (χ1v) is 7.68. The summed E-state index contributed by atoms with van der Waals surface area (Å²) in [7, 11) is 0. The lowest BCUT2D eigenvalue weighted by Gasteiger charge is -1.99. The van der Waals surface area contributed by atoms with Crippen LogP contribution in [0.4, 0.5) is 4.39 Å². The summed E-state index contributed by atoms with van der Waals surface area (Å²) < 4.78 is 19.6. The fraction of sp³-hybridized carbons (Fsp3) is 0. The molecule has 1 aromatic heterocycles. The second-order valence-corrected chi connectivity index (χ2v) is 5.80. The topological polar surface area (TPSA) is 36.9 Å². The lowest BCUT2D eigenvalue weighted by molar-refractivity contribution is 0.571. The van der Waals surface area contributed by atoms with Gasteiger partial charge in [0.25, 0.3) is 0 Å². The smallest absolute Gasteiger partial charge is 0.134 e. The molecule has 0 aliphatic carbocycles. The van der Waals surface area contributed by atoms with Gasteiger partial charge in [0, 0.05) is 10.0 Å². The number of furan rings is 1. The van der Waals surface area contributed by atoms with E-state index < -0.39 is 0 Å². The fourth-order valence-electron chi connectivity index (χ4n) is 2.15. The van der Waals surface area contributed by atoms with E-state index in [0.29, 0.717) is 17.1 Å². The zero-order valence-electron chi connectivity index (χ0n) is 12.0. The Morgan fingerprint density at radius 3 is 2.35 bits per heavy atom. The van der Waals surface area contributed by atoms with Crippen LogP contribution in [0.3, 0.4) is 0 Å². The van der Waals surface area contributed by atoms with Crippen molar-refractivity contribution in [1.29, 1.82) is 5.26 Å². The second kappa shape index (κ2) is 6.64. The molecule has 3 aromatic rings. The number of halogens is 2. The third kappa shape index (κ3) is 3.58. The van der Waals surface area contributed by atoms with E-state index in [9.17, 15) is 9.65 Å². The van der Waals surface area contributed by atoms with E-state index in [1.165, 1.54) is 12.1 Å². The number of allylic oxidation sites excluding steroid dienone is 1. The number of nitriles is 1. The molecular weight excluding hydrogens is 357 g/mol. The maximum Gasteiger partial charge on any atom is 0.134 e. The predicted octanol–water partition coefficient (Wildman–Crippen LogP) is 5.91. The molecule has 0 aliphatic rings. The normalized spacial score (nSPS) is 11.3. The zero-order chi connectivity index (χ0) is 16.2. The SMILES string of the molecule is N#C/C(=C/c1ccc(-c2ccc(F)cc2)o1)c1ccc(Br)cc1. The summed E-state index contributed by atoms with van der Waals surface area (Å²) >= 11 is 3.37. The van der Waals surface area contributed by atoms with Gasteiger partial charge in [-0.15, -0.1) is 0 Å². The molecule has 0 saturated heterocycles. The van der Waals surface area contributed by atoms with Crippen LogP contribution in [0.1, 0.15) is 11.3 Å². The largest absolute Gasteiger partial charge is 0.457 e. The summed E-state index contributed by atoms with van der Waals surface area (Å²) in [5, 5.41) is 9.35. The molecule has 0 spiro atoms. The first kappa shape index (κ1) is 15.3. The maximum atomic E-state index is 13.0. The van der Waals surface area contributed by atoms with E-state index in [1.807, 2.05) is 24.3 Å². The van der Waals surface area contributed by atoms with Crippen LogP contribution >= 0.6 is 15.9 Å². The van der Waals surface area contributed by atoms with Crippen LogP contribution in [0.2, 0.25) is 0 Å². The van der Waals surface area contributed by atoms with Crippen molar-refractivity contribution in [3.63, 3.8) is 0 Å². The molecule has 0 saturated carbocycles. The van der Waals surface area contributed by atoms with Gasteiger partial charge in [0.15, 0.2) is 0 Å². The highest BCUT2D eigenvalue weighted by Gasteiger charge is 2.06. The first-order valence-electron chi connectivity index (χ1n) is 6.89. The van der Waals surface area contributed by atoms with Gasteiger partial charge in [-0.05, 0) is 60.2 Å². The molecule has 1 heterocycles. The van der Waals surface area contributed by atoms with Crippen molar-refractivity contribution >= 4 is 27.6 Å². The van der Waals surface area contributed by atoms with Gasteiger partial charge >= 0.3 is 0 Å². The van der Waals surface area contributed by atoms with E-state index in [0.717, 1.165) is 15.6 Å². The van der Waals surface area contributed by atoms with E-state index in [4.69, 9.17) is 4.42 Å². The minimum Gasteiger partial charge on any atom is -0.457 e. The van der Waals surface area contributed by atoms with Gasteiger partial charge in [-0.2, -0.15) is 5.26 Å². The van der Waals surface area contributed by atoms with Gasteiger partial charge in [0.1, 0.15) is 17.3 Å². The average Bonchev–Trinajstić information content (AvgIpc) is 3.03. The van der Waals surface area contributed by atoms with Crippen molar-refractivity contribution in [2.45, 2.75) is 0 Å². The number of rotatable bonds is 3. The molecule has 0 unspecified atom stereocenters. The zero-order valence-corrected chi connectivity index (χ0v) is 13.5. The Bertz CT molecular complexity index is 886. The number of hydrogen-bond acceptors (Lipinski definition) is 2. The molecule has 0 amide bonds. The molecule has 2 nitrogen and oxygen atoms in total. The number of hydrogen-bond donors (Lipinski definition) is 0. The summed E-state index contributed by atoms with van der Waals surface area (Å²) in [6, 6.07) is 19.3.